The lowest BCUT2D eigenvalue weighted by molar-refractivity contribution is -0.137. The van der Waals surface area contributed by atoms with E-state index in [9.17, 15) is 22.7 Å². The average molecular weight is 524 g/mol. The Hall–Kier alpha value is -4.21. The van der Waals surface area contributed by atoms with E-state index in [1.807, 2.05) is 30.3 Å². The van der Waals surface area contributed by atoms with Crippen LogP contribution in [0.3, 0.4) is 0 Å². The first-order valence-corrected chi connectivity index (χ1v) is 12.1. The first kappa shape index (κ1) is 25.4. The molecule has 196 valence electrons. The van der Waals surface area contributed by atoms with Gasteiger partial charge in [0.1, 0.15) is 11.6 Å². The first-order chi connectivity index (χ1) is 18.1. The van der Waals surface area contributed by atoms with Crippen LogP contribution >= 0.6 is 0 Å². The van der Waals surface area contributed by atoms with Crippen molar-refractivity contribution in [2.75, 3.05) is 11.4 Å². The van der Waals surface area contributed by atoms with Gasteiger partial charge >= 0.3 is 6.18 Å². The molecule has 4 aromatic rings. The van der Waals surface area contributed by atoms with Crippen LogP contribution in [0.1, 0.15) is 41.4 Å². The van der Waals surface area contributed by atoms with Crippen molar-refractivity contribution in [3.63, 3.8) is 0 Å². The number of hydrogen-bond acceptors (Lipinski definition) is 5. The second-order valence-corrected chi connectivity index (χ2v) is 9.36. The van der Waals surface area contributed by atoms with Crippen LogP contribution in [0, 0.1) is 5.82 Å². The van der Waals surface area contributed by atoms with Crippen molar-refractivity contribution in [1.29, 1.82) is 0 Å². The third kappa shape index (κ3) is 5.25. The highest BCUT2D eigenvalue weighted by atomic mass is 19.4. The summed E-state index contributed by atoms with van der Waals surface area (Å²) in [6.45, 7) is 2.40. The zero-order valence-corrected chi connectivity index (χ0v) is 20.5. The molecule has 0 aliphatic carbocycles. The molecule has 6 nitrogen and oxygen atoms in total. The van der Waals surface area contributed by atoms with Crippen molar-refractivity contribution < 1.29 is 22.7 Å². The summed E-state index contributed by atoms with van der Waals surface area (Å²) in [5, 5.41) is 21.5. The molecule has 0 spiro atoms. The molecule has 0 radical (unpaired) electrons. The van der Waals surface area contributed by atoms with Gasteiger partial charge in [-0.1, -0.05) is 36.4 Å². The molecule has 1 aliphatic heterocycles. The molecule has 5 rings (SSSR count). The van der Waals surface area contributed by atoms with Crippen molar-refractivity contribution in [3.05, 3.63) is 101 Å². The Morgan fingerprint density at radius 1 is 1.00 bits per heavy atom. The summed E-state index contributed by atoms with van der Waals surface area (Å²) < 4.78 is 50.9. The molecule has 1 atom stereocenters. The Balaban J connectivity index is 1.42. The molecular weight excluding hydrogens is 498 g/mol. The highest BCUT2D eigenvalue weighted by Crippen LogP contribution is 2.44. The van der Waals surface area contributed by atoms with Crippen LogP contribution in [0.25, 0.3) is 12.2 Å². The normalized spacial score (nSPS) is 17.7. The maximum absolute atomic E-state index is 13.7. The van der Waals surface area contributed by atoms with Gasteiger partial charge in [0, 0.05) is 12.2 Å². The molecule has 0 bridgehead atoms. The topological polar surface area (TPSA) is 67.1 Å². The molecule has 0 saturated heterocycles. The van der Waals surface area contributed by atoms with Crippen LogP contribution < -0.4 is 4.90 Å². The monoisotopic (exact) mass is 523 g/mol. The summed E-state index contributed by atoms with van der Waals surface area (Å²) in [5.74, 6) is 0.126. The number of alkyl halides is 3. The third-order valence-electron chi connectivity index (χ3n) is 6.86. The number of hydrogen-bond donors (Lipinski definition) is 1. The van der Waals surface area contributed by atoms with Gasteiger partial charge in [0.15, 0.2) is 5.82 Å². The van der Waals surface area contributed by atoms with Crippen LogP contribution in [0.5, 0.6) is 5.75 Å². The number of halogens is 4. The molecule has 1 N–H and O–H groups in total. The third-order valence-corrected chi connectivity index (χ3v) is 6.86. The summed E-state index contributed by atoms with van der Waals surface area (Å²) in [6, 6.07) is 19.7. The van der Waals surface area contributed by atoms with E-state index in [0.29, 0.717) is 6.54 Å². The maximum Gasteiger partial charge on any atom is 0.390 e. The number of phenols is 1. The Morgan fingerprint density at radius 2 is 1.74 bits per heavy atom. The lowest BCUT2D eigenvalue weighted by atomic mass is 9.76. The number of aromatic nitrogens is 4. The number of nitrogens with zero attached hydrogens (tertiary/aromatic N) is 5. The number of rotatable bonds is 6. The molecule has 2 heterocycles. The van der Waals surface area contributed by atoms with Gasteiger partial charge in [-0.25, -0.2) is 4.39 Å². The fourth-order valence-corrected chi connectivity index (χ4v) is 4.92. The van der Waals surface area contributed by atoms with Crippen molar-refractivity contribution >= 4 is 17.8 Å². The Morgan fingerprint density at radius 3 is 2.45 bits per heavy atom. The van der Waals surface area contributed by atoms with E-state index in [-0.39, 0.29) is 23.9 Å². The fourth-order valence-electron chi connectivity index (χ4n) is 4.92. The molecule has 0 fully saturated rings. The molecule has 1 unspecified atom stereocenters. The number of aromatic hydroxyl groups is 1. The fraction of sp³-hybridized carbons (Fsp3) is 0.250. The van der Waals surface area contributed by atoms with E-state index in [0.717, 1.165) is 39.2 Å². The lowest BCUT2D eigenvalue weighted by Gasteiger charge is -2.48. The van der Waals surface area contributed by atoms with E-state index in [2.05, 4.69) is 27.2 Å². The van der Waals surface area contributed by atoms with Crippen molar-refractivity contribution in [1.82, 2.24) is 20.2 Å². The number of tetrazole rings is 1. The Bertz CT molecular complexity index is 1450. The number of anilines is 1. The number of benzene rings is 3. The summed E-state index contributed by atoms with van der Waals surface area (Å²) in [6.07, 6.45) is -1.22. The largest absolute Gasteiger partial charge is 0.508 e. The highest BCUT2D eigenvalue weighted by molar-refractivity contribution is 5.67. The minimum Gasteiger partial charge on any atom is -0.508 e. The standard InChI is InChI=1S/C28H25F4N5O/c1-27(25-12-11-24(38)18-20(25)14-16-36(27)23-9-7-22(29)8-10-23)21-5-2-19(3-6-21)4-13-26-33-35-37(34-26)17-15-28(30,31)32/h2-13,18,38H,14-17H2,1H3/b13-4+. The van der Waals surface area contributed by atoms with Crippen molar-refractivity contribution in [3.8, 4) is 5.75 Å². The van der Waals surface area contributed by atoms with E-state index < -0.39 is 18.1 Å². The van der Waals surface area contributed by atoms with Gasteiger partial charge in [0.2, 0.25) is 0 Å². The molecule has 1 aliphatic rings. The van der Waals surface area contributed by atoms with E-state index in [1.54, 1.807) is 36.4 Å². The lowest BCUT2D eigenvalue weighted by Crippen LogP contribution is -2.49. The predicted octanol–water partition coefficient (Wildman–Crippen LogP) is 5.97. The van der Waals surface area contributed by atoms with Crippen LogP contribution in [0.4, 0.5) is 23.2 Å². The van der Waals surface area contributed by atoms with E-state index in [1.165, 1.54) is 12.1 Å². The average Bonchev–Trinajstić information content (AvgIpc) is 3.35. The smallest absolute Gasteiger partial charge is 0.390 e. The second-order valence-electron chi connectivity index (χ2n) is 9.36. The SMILES string of the molecule is CC1(c2ccc(/C=C/c3nnn(CCC(F)(F)F)n3)cc2)c2ccc(O)cc2CCN1c1ccc(F)cc1. The molecular formula is C28H25F4N5O. The summed E-state index contributed by atoms with van der Waals surface area (Å²) in [5.41, 5.74) is 4.24. The molecule has 3 aromatic carbocycles. The van der Waals surface area contributed by atoms with Crippen molar-refractivity contribution in [2.45, 2.75) is 38.0 Å². The van der Waals surface area contributed by atoms with Crippen LogP contribution in [-0.4, -0.2) is 38.0 Å². The first-order valence-electron chi connectivity index (χ1n) is 12.1. The van der Waals surface area contributed by atoms with E-state index in [4.69, 9.17) is 0 Å². The molecule has 10 heteroatoms. The Kier molecular flexibility index (Phi) is 6.64. The molecule has 1 aromatic heterocycles. The van der Waals surface area contributed by atoms with Gasteiger partial charge in [-0.15, -0.1) is 10.2 Å². The summed E-state index contributed by atoms with van der Waals surface area (Å²) in [7, 11) is 0. The van der Waals surface area contributed by atoms with Gasteiger partial charge in [-0.05, 0) is 83.3 Å². The quantitative estimate of drug-likeness (QED) is 0.316. The summed E-state index contributed by atoms with van der Waals surface area (Å²) in [4.78, 5) is 3.17. The van der Waals surface area contributed by atoms with Gasteiger partial charge in [-0.3, -0.25) is 0 Å². The minimum absolute atomic E-state index is 0.214. The maximum atomic E-state index is 13.7. The minimum atomic E-state index is -4.28. The molecule has 0 saturated carbocycles. The second kappa shape index (κ2) is 9.92. The molecule has 38 heavy (non-hydrogen) atoms. The zero-order valence-electron chi connectivity index (χ0n) is 20.5. The number of aryl methyl sites for hydroxylation is 1. The van der Waals surface area contributed by atoms with Crippen LogP contribution in [-0.2, 0) is 18.5 Å². The van der Waals surface area contributed by atoms with Gasteiger partial charge in [0.05, 0.1) is 18.5 Å². The Labute approximate surface area is 216 Å². The zero-order chi connectivity index (χ0) is 26.9. The van der Waals surface area contributed by atoms with Gasteiger partial charge < -0.3 is 10.0 Å². The van der Waals surface area contributed by atoms with Gasteiger partial charge in [0.25, 0.3) is 0 Å². The molecule has 0 amide bonds. The van der Waals surface area contributed by atoms with Crippen LogP contribution in [0.15, 0.2) is 66.7 Å². The van der Waals surface area contributed by atoms with Gasteiger partial charge in [-0.2, -0.15) is 18.0 Å². The van der Waals surface area contributed by atoms with E-state index >= 15 is 0 Å². The summed E-state index contributed by atoms with van der Waals surface area (Å²) >= 11 is 0. The van der Waals surface area contributed by atoms with Crippen LogP contribution in [0.2, 0.25) is 0 Å². The number of phenolic OH excluding ortho intramolecular Hbond substituents is 1. The highest BCUT2D eigenvalue weighted by Gasteiger charge is 2.40. The number of fused-ring (bicyclic) bond motifs is 1. The predicted molar refractivity (Wildman–Crippen MR) is 136 cm³/mol. The van der Waals surface area contributed by atoms with Crippen molar-refractivity contribution in [2.24, 2.45) is 0 Å².